The molecule has 10 heteroatoms. The van der Waals surface area contributed by atoms with Crippen LogP contribution in [0.15, 0.2) is 0 Å². The number of rotatable bonds is 6. The first-order chi connectivity index (χ1) is 9.85. The van der Waals surface area contributed by atoms with Crippen molar-refractivity contribution >= 4 is 23.8 Å². The quantitative estimate of drug-likeness (QED) is 0.604. The van der Waals surface area contributed by atoms with Gasteiger partial charge in [0.2, 0.25) is 11.7 Å². The smallest absolute Gasteiger partial charge is 0.408 e. The van der Waals surface area contributed by atoms with E-state index in [1.54, 1.807) is 26.1 Å². The number of amides is 2. The van der Waals surface area contributed by atoms with Gasteiger partial charge < -0.3 is 20.5 Å². The van der Waals surface area contributed by atoms with Gasteiger partial charge in [-0.15, -0.1) is 0 Å². The molecule has 0 aromatic heterocycles. The van der Waals surface area contributed by atoms with Crippen LogP contribution in [-0.4, -0.2) is 53.0 Å². The second-order valence-corrected chi connectivity index (χ2v) is 5.35. The Morgan fingerprint density at radius 2 is 1.59 bits per heavy atom. The van der Waals surface area contributed by atoms with Crippen LogP contribution in [0.1, 0.15) is 27.7 Å². The van der Waals surface area contributed by atoms with Gasteiger partial charge in [-0.05, 0) is 27.7 Å². The maximum absolute atomic E-state index is 12.2. The van der Waals surface area contributed by atoms with Crippen LogP contribution in [0.4, 0.5) is 13.6 Å². The standard InChI is InChI=1S/C12H18F2N2O6/c1-5(15-11(21)22-12(2,3)4)9(18)16-6(10(19)20)7(17)8(13)14/h5-6,8H,1-4H3,(H,15,21)(H,16,18)(H,19,20)/t5-,6?/m0/s1. The summed E-state index contributed by atoms with van der Waals surface area (Å²) in [5.41, 5.74) is -0.824. The number of nitrogens with one attached hydrogen (secondary N) is 2. The van der Waals surface area contributed by atoms with Crippen molar-refractivity contribution in [3.63, 3.8) is 0 Å². The van der Waals surface area contributed by atoms with Gasteiger partial charge in [-0.2, -0.15) is 0 Å². The number of hydrogen-bond donors (Lipinski definition) is 3. The largest absolute Gasteiger partial charge is 0.479 e. The first-order valence-electron chi connectivity index (χ1n) is 6.19. The molecule has 0 aromatic rings. The average molecular weight is 324 g/mol. The minimum atomic E-state index is -3.55. The lowest BCUT2D eigenvalue weighted by molar-refractivity contribution is -0.149. The topological polar surface area (TPSA) is 122 Å². The molecule has 0 saturated carbocycles. The zero-order valence-electron chi connectivity index (χ0n) is 12.5. The van der Waals surface area contributed by atoms with E-state index in [1.807, 2.05) is 0 Å². The lowest BCUT2D eigenvalue weighted by atomic mass is 10.1. The molecular weight excluding hydrogens is 306 g/mol. The van der Waals surface area contributed by atoms with E-state index in [9.17, 15) is 28.0 Å². The van der Waals surface area contributed by atoms with E-state index in [0.29, 0.717) is 0 Å². The third-order valence-corrected chi connectivity index (χ3v) is 2.16. The second-order valence-electron chi connectivity index (χ2n) is 5.35. The minimum absolute atomic E-state index is 0.824. The molecule has 0 radical (unpaired) electrons. The summed E-state index contributed by atoms with van der Waals surface area (Å²) in [6.07, 6.45) is -4.50. The number of carboxylic acid groups (broad SMARTS) is 1. The number of alkyl halides is 2. The van der Waals surface area contributed by atoms with Gasteiger partial charge in [-0.3, -0.25) is 9.59 Å². The predicted molar refractivity (Wildman–Crippen MR) is 69.4 cm³/mol. The lowest BCUT2D eigenvalue weighted by Crippen LogP contribution is -2.54. The number of aliphatic carboxylic acids is 1. The van der Waals surface area contributed by atoms with Crippen LogP contribution < -0.4 is 10.6 Å². The Kier molecular flexibility index (Phi) is 6.88. The van der Waals surface area contributed by atoms with Crippen molar-refractivity contribution in [2.24, 2.45) is 0 Å². The molecule has 0 aromatic carbocycles. The van der Waals surface area contributed by atoms with Crippen molar-refractivity contribution in [1.29, 1.82) is 0 Å². The summed E-state index contributed by atoms with van der Waals surface area (Å²) in [7, 11) is 0. The molecule has 0 aliphatic carbocycles. The highest BCUT2D eigenvalue weighted by molar-refractivity contribution is 6.07. The average Bonchev–Trinajstić information content (AvgIpc) is 2.31. The Morgan fingerprint density at radius 1 is 1.09 bits per heavy atom. The zero-order chi connectivity index (χ0) is 17.7. The maximum atomic E-state index is 12.2. The van der Waals surface area contributed by atoms with E-state index in [0.717, 1.165) is 0 Å². The van der Waals surface area contributed by atoms with E-state index in [2.05, 4.69) is 5.32 Å². The van der Waals surface area contributed by atoms with Crippen molar-refractivity contribution < 1.29 is 37.8 Å². The van der Waals surface area contributed by atoms with Crippen molar-refractivity contribution in [3.8, 4) is 0 Å². The summed E-state index contributed by atoms with van der Waals surface area (Å²) in [5, 5.41) is 12.4. The number of hydrogen-bond acceptors (Lipinski definition) is 5. The Labute approximate surface area is 125 Å². The fourth-order valence-electron chi connectivity index (χ4n) is 1.20. The number of halogens is 2. The van der Waals surface area contributed by atoms with Gasteiger partial charge in [0.05, 0.1) is 0 Å². The van der Waals surface area contributed by atoms with Crippen molar-refractivity contribution in [3.05, 3.63) is 0 Å². The summed E-state index contributed by atoms with van der Waals surface area (Å²) in [6.45, 7) is 5.92. The van der Waals surface area contributed by atoms with E-state index >= 15 is 0 Å². The third kappa shape index (κ3) is 6.95. The molecule has 0 spiro atoms. The number of Topliss-reactive ketones (excluding diaryl/α,β-unsaturated/α-hetero) is 1. The molecule has 126 valence electrons. The summed E-state index contributed by atoms with van der Waals surface area (Å²) in [5.74, 6) is -5.00. The predicted octanol–water partition coefficient (Wildman–Crippen LogP) is 0.303. The first-order valence-corrected chi connectivity index (χ1v) is 6.19. The molecule has 1 unspecified atom stereocenters. The summed E-state index contributed by atoms with van der Waals surface area (Å²) in [6, 6.07) is -3.68. The van der Waals surface area contributed by atoms with Crippen LogP contribution in [0.25, 0.3) is 0 Å². The summed E-state index contributed by atoms with van der Waals surface area (Å²) >= 11 is 0. The van der Waals surface area contributed by atoms with Gasteiger partial charge in [0, 0.05) is 0 Å². The van der Waals surface area contributed by atoms with Crippen molar-refractivity contribution in [1.82, 2.24) is 10.6 Å². The number of alkyl carbamates (subject to hydrolysis) is 1. The van der Waals surface area contributed by atoms with Crippen molar-refractivity contribution in [2.45, 2.75) is 51.8 Å². The zero-order valence-corrected chi connectivity index (χ0v) is 12.5. The molecule has 3 N–H and O–H groups in total. The Morgan fingerprint density at radius 3 is 1.95 bits per heavy atom. The molecule has 0 bridgehead atoms. The summed E-state index contributed by atoms with van der Waals surface area (Å²) < 4.78 is 29.3. The van der Waals surface area contributed by atoms with Crippen molar-refractivity contribution in [2.75, 3.05) is 0 Å². The van der Waals surface area contributed by atoms with E-state index in [4.69, 9.17) is 9.84 Å². The van der Waals surface area contributed by atoms with Crippen LogP contribution in [0, 0.1) is 0 Å². The van der Waals surface area contributed by atoms with E-state index < -0.39 is 47.9 Å². The van der Waals surface area contributed by atoms with E-state index in [1.165, 1.54) is 6.92 Å². The molecule has 0 saturated heterocycles. The number of carbonyl (C=O) groups is 4. The molecule has 0 rings (SSSR count). The highest BCUT2D eigenvalue weighted by Crippen LogP contribution is 2.07. The Balaban J connectivity index is 4.71. The summed E-state index contributed by atoms with van der Waals surface area (Å²) in [4.78, 5) is 44.8. The molecule has 0 aliphatic rings. The normalized spacial score (nSPS) is 14.0. The lowest BCUT2D eigenvalue weighted by Gasteiger charge is -2.22. The second kappa shape index (κ2) is 7.66. The van der Waals surface area contributed by atoms with Crippen LogP contribution in [0.5, 0.6) is 0 Å². The van der Waals surface area contributed by atoms with Gasteiger partial charge in [0.15, 0.2) is 6.04 Å². The first kappa shape index (κ1) is 19.7. The number of ketones is 1. The molecule has 0 heterocycles. The molecule has 0 aliphatic heterocycles. The van der Waals surface area contributed by atoms with Crippen LogP contribution in [0.2, 0.25) is 0 Å². The fraction of sp³-hybridized carbons (Fsp3) is 0.667. The van der Waals surface area contributed by atoms with E-state index in [-0.39, 0.29) is 0 Å². The minimum Gasteiger partial charge on any atom is -0.479 e. The highest BCUT2D eigenvalue weighted by Gasteiger charge is 2.35. The number of ether oxygens (including phenoxy) is 1. The molecule has 0 fully saturated rings. The monoisotopic (exact) mass is 324 g/mol. The van der Waals surface area contributed by atoms with Crippen LogP contribution in [0.3, 0.4) is 0 Å². The fourth-order valence-corrected chi connectivity index (χ4v) is 1.20. The highest BCUT2D eigenvalue weighted by atomic mass is 19.3. The van der Waals surface area contributed by atoms with Gasteiger partial charge in [0.1, 0.15) is 11.6 Å². The molecule has 2 amide bonds. The Hall–Kier alpha value is -2.26. The SMILES string of the molecule is C[C@H](NC(=O)OC(C)(C)C)C(=O)NC(C(=O)O)C(=O)C(F)F. The van der Waals surface area contributed by atoms with Gasteiger partial charge in [-0.1, -0.05) is 0 Å². The Bertz CT molecular complexity index is 461. The molecule has 8 nitrogen and oxygen atoms in total. The maximum Gasteiger partial charge on any atom is 0.408 e. The number of carbonyl (C=O) groups excluding carboxylic acids is 3. The molecule has 22 heavy (non-hydrogen) atoms. The number of carboxylic acids is 1. The van der Waals surface area contributed by atoms with Gasteiger partial charge in [-0.25, -0.2) is 18.4 Å². The third-order valence-electron chi connectivity index (χ3n) is 2.16. The molecular formula is C12H18F2N2O6. The van der Waals surface area contributed by atoms with Gasteiger partial charge in [0.25, 0.3) is 6.43 Å². The van der Waals surface area contributed by atoms with Crippen LogP contribution in [-0.2, 0) is 19.1 Å². The van der Waals surface area contributed by atoms with Gasteiger partial charge >= 0.3 is 12.1 Å². The van der Waals surface area contributed by atoms with Crippen LogP contribution >= 0.6 is 0 Å². The molecule has 2 atom stereocenters.